The molecule has 1 aliphatic heterocycles. The molecule has 96 valence electrons. The topological polar surface area (TPSA) is 72.1 Å². The summed E-state index contributed by atoms with van der Waals surface area (Å²) in [5.74, 6) is 0.838. The highest BCUT2D eigenvalue weighted by atomic mass is 16.2. The Balaban J connectivity index is 1.75. The number of anilines is 1. The number of nitrogen functional groups attached to an aromatic ring is 1. The lowest BCUT2D eigenvalue weighted by Gasteiger charge is -2.30. The first-order valence-electron chi connectivity index (χ1n) is 6.63. The number of aromatic nitrogens is 2. The number of nitrogens with zero attached hydrogens (tertiary/aromatic N) is 3. The van der Waals surface area contributed by atoms with Crippen LogP contribution in [-0.2, 0) is 17.8 Å². The Morgan fingerprint density at radius 2 is 2.17 bits per heavy atom. The zero-order chi connectivity index (χ0) is 12.5. The van der Waals surface area contributed by atoms with Crippen molar-refractivity contribution in [1.82, 2.24) is 14.9 Å². The van der Waals surface area contributed by atoms with Crippen LogP contribution in [0.1, 0.15) is 36.9 Å². The molecule has 1 amide bonds. The Morgan fingerprint density at radius 3 is 2.94 bits per heavy atom. The minimum absolute atomic E-state index is 0.241. The molecule has 5 heteroatoms. The van der Waals surface area contributed by atoms with Crippen LogP contribution in [0.5, 0.6) is 0 Å². The minimum atomic E-state index is 0.241. The number of rotatable bonds is 1. The lowest BCUT2D eigenvalue weighted by atomic mass is 10.0. The number of hydrogen-bond acceptors (Lipinski definition) is 4. The summed E-state index contributed by atoms with van der Waals surface area (Å²) in [4.78, 5) is 22.5. The standard InChI is InChI=1S/C13H18N4O/c14-13-15-7-10-5-6-17(8-11(10)16-13)12(18)9-3-1-2-4-9/h7,9H,1-6,8H2,(H2,14,15,16). The molecular weight excluding hydrogens is 228 g/mol. The summed E-state index contributed by atoms with van der Waals surface area (Å²) in [7, 11) is 0. The maximum absolute atomic E-state index is 12.3. The van der Waals surface area contributed by atoms with Crippen molar-refractivity contribution in [2.24, 2.45) is 5.92 Å². The van der Waals surface area contributed by atoms with Gasteiger partial charge in [0.05, 0.1) is 12.2 Å². The number of amides is 1. The fourth-order valence-electron chi connectivity index (χ4n) is 2.94. The lowest BCUT2D eigenvalue weighted by Crippen LogP contribution is -2.39. The van der Waals surface area contributed by atoms with Crippen LogP contribution in [-0.4, -0.2) is 27.3 Å². The number of hydrogen-bond donors (Lipinski definition) is 1. The average Bonchev–Trinajstić information content (AvgIpc) is 2.90. The van der Waals surface area contributed by atoms with E-state index in [1.165, 1.54) is 12.8 Å². The molecule has 0 atom stereocenters. The second-order valence-corrected chi connectivity index (χ2v) is 5.19. The second-order valence-electron chi connectivity index (χ2n) is 5.19. The van der Waals surface area contributed by atoms with Crippen LogP contribution in [0.2, 0.25) is 0 Å². The maximum Gasteiger partial charge on any atom is 0.226 e. The number of nitrogens with two attached hydrogens (primary N) is 1. The first-order valence-corrected chi connectivity index (χ1v) is 6.63. The van der Waals surface area contributed by atoms with E-state index >= 15 is 0 Å². The molecule has 1 aliphatic carbocycles. The zero-order valence-electron chi connectivity index (χ0n) is 10.4. The van der Waals surface area contributed by atoms with E-state index in [0.717, 1.165) is 37.1 Å². The first kappa shape index (κ1) is 11.4. The molecule has 1 aromatic heterocycles. The summed E-state index contributed by atoms with van der Waals surface area (Å²) in [6.07, 6.45) is 7.11. The van der Waals surface area contributed by atoms with Crippen LogP contribution in [0.25, 0.3) is 0 Å². The molecule has 1 aromatic rings. The smallest absolute Gasteiger partial charge is 0.226 e. The Bertz CT molecular complexity index is 468. The molecule has 2 N–H and O–H groups in total. The molecule has 0 saturated heterocycles. The summed E-state index contributed by atoms with van der Waals surface area (Å²) in [5.41, 5.74) is 7.64. The summed E-state index contributed by atoms with van der Waals surface area (Å²) >= 11 is 0. The van der Waals surface area contributed by atoms with Crippen LogP contribution >= 0.6 is 0 Å². The molecule has 0 aromatic carbocycles. The van der Waals surface area contributed by atoms with Crippen LogP contribution in [0.3, 0.4) is 0 Å². The number of carbonyl (C=O) groups is 1. The third-order valence-corrected chi connectivity index (χ3v) is 3.98. The van der Waals surface area contributed by atoms with Crippen molar-refractivity contribution in [3.05, 3.63) is 17.5 Å². The monoisotopic (exact) mass is 246 g/mol. The highest BCUT2D eigenvalue weighted by Crippen LogP contribution is 2.28. The molecule has 2 aliphatic rings. The fraction of sp³-hybridized carbons (Fsp3) is 0.615. The van der Waals surface area contributed by atoms with Gasteiger partial charge in [-0.15, -0.1) is 0 Å². The van der Waals surface area contributed by atoms with Gasteiger partial charge in [-0.25, -0.2) is 9.97 Å². The summed E-state index contributed by atoms with van der Waals surface area (Å²) in [5, 5.41) is 0. The highest BCUT2D eigenvalue weighted by molar-refractivity contribution is 5.79. The molecule has 1 saturated carbocycles. The quantitative estimate of drug-likeness (QED) is 0.806. The average molecular weight is 246 g/mol. The third kappa shape index (κ3) is 2.05. The molecule has 0 radical (unpaired) electrons. The second kappa shape index (κ2) is 4.55. The van der Waals surface area contributed by atoms with Crippen molar-refractivity contribution >= 4 is 11.9 Å². The van der Waals surface area contributed by atoms with Crippen molar-refractivity contribution < 1.29 is 4.79 Å². The first-order chi connectivity index (χ1) is 8.74. The van der Waals surface area contributed by atoms with E-state index in [0.29, 0.717) is 18.4 Å². The Kier molecular flexibility index (Phi) is 2.89. The van der Waals surface area contributed by atoms with Crippen LogP contribution < -0.4 is 5.73 Å². The molecule has 0 spiro atoms. The van der Waals surface area contributed by atoms with Crippen molar-refractivity contribution in [3.8, 4) is 0 Å². The molecule has 3 rings (SSSR count). The molecule has 2 heterocycles. The molecule has 18 heavy (non-hydrogen) atoms. The molecule has 0 unspecified atom stereocenters. The van der Waals surface area contributed by atoms with E-state index < -0.39 is 0 Å². The van der Waals surface area contributed by atoms with E-state index in [9.17, 15) is 4.79 Å². The summed E-state index contributed by atoms with van der Waals surface area (Å²) in [6, 6.07) is 0. The van der Waals surface area contributed by atoms with Crippen LogP contribution in [0.4, 0.5) is 5.95 Å². The van der Waals surface area contributed by atoms with Crippen molar-refractivity contribution in [1.29, 1.82) is 0 Å². The third-order valence-electron chi connectivity index (χ3n) is 3.98. The van der Waals surface area contributed by atoms with Gasteiger partial charge in [0, 0.05) is 18.7 Å². The van der Waals surface area contributed by atoms with E-state index in [2.05, 4.69) is 9.97 Å². The van der Waals surface area contributed by atoms with Crippen molar-refractivity contribution in [2.45, 2.75) is 38.6 Å². The van der Waals surface area contributed by atoms with Gasteiger partial charge in [0.1, 0.15) is 0 Å². The van der Waals surface area contributed by atoms with Crippen molar-refractivity contribution in [3.63, 3.8) is 0 Å². The van der Waals surface area contributed by atoms with Gasteiger partial charge < -0.3 is 10.6 Å². The Hall–Kier alpha value is -1.65. The predicted molar refractivity (Wildman–Crippen MR) is 67.5 cm³/mol. The molecule has 0 bridgehead atoms. The SMILES string of the molecule is Nc1ncc2c(n1)CN(C(=O)C1CCCC1)CC2. The van der Waals surface area contributed by atoms with E-state index in [4.69, 9.17) is 5.73 Å². The number of carbonyl (C=O) groups excluding carboxylic acids is 1. The largest absolute Gasteiger partial charge is 0.368 e. The van der Waals surface area contributed by atoms with E-state index in [1.54, 1.807) is 6.20 Å². The molecular formula is C13H18N4O. The normalized spacial score (nSPS) is 19.9. The minimum Gasteiger partial charge on any atom is -0.368 e. The maximum atomic E-state index is 12.3. The van der Waals surface area contributed by atoms with Crippen LogP contribution in [0, 0.1) is 5.92 Å². The van der Waals surface area contributed by atoms with Gasteiger partial charge in [-0.1, -0.05) is 12.8 Å². The van der Waals surface area contributed by atoms with Gasteiger partial charge in [-0.05, 0) is 24.8 Å². The van der Waals surface area contributed by atoms with Crippen LogP contribution in [0.15, 0.2) is 6.20 Å². The highest BCUT2D eigenvalue weighted by Gasteiger charge is 2.29. The van der Waals surface area contributed by atoms with Gasteiger partial charge in [0.15, 0.2) is 0 Å². The molecule has 1 fully saturated rings. The number of fused-ring (bicyclic) bond motifs is 1. The molecule has 5 nitrogen and oxygen atoms in total. The predicted octanol–water partition coefficient (Wildman–Crippen LogP) is 1.13. The van der Waals surface area contributed by atoms with Gasteiger partial charge in [-0.2, -0.15) is 0 Å². The fourth-order valence-corrected chi connectivity index (χ4v) is 2.94. The summed E-state index contributed by atoms with van der Waals surface area (Å²) < 4.78 is 0. The zero-order valence-corrected chi connectivity index (χ0v) is 10.4. The lowest BCUT2D eigenvalue weighted by molar-refractivity contribution is -0.136. The van der Waals surface area contributed by atoms with Gasteiger partial charge >= 0.3 is 0 Å². The van der Waals surface area contributed by atoms with E-state index in [-0.39, 0.29) is 5.92 Å². The van der Waals surface area contributed by atoms with Crippen molar-refractivity contribution in [2.75, 3.05) is 12.3 Å². The summed E-state index contributed by atoms with van der Waals surface area (Å²) in [6.45, 7) is 1.38. The van der Waals surface area contributed by atoms with Gasteiger partial charge in [0.25, 0.3) is 0 Å². The van der Waals surface area contributed by atoms with E-state index in [1.807, 2.05) is 4.90 Å². The van der Waals surface area contributed by atoms with Gasteiger partial charge in [0.2, 0.25) is 11.9 Å². The Morgan fingerprint density at radius 1 is 1.39 bits per heavy atom. The van der Waals surface area contributed by atoms with Gasteiger partial charge in [-0.3, -0.25) is 4.79 Å². The Labute approximate surface area is 106 Å².